The van der Waals surface area contributed by atoms with Gasteiger partial charge in [0.05, 0.1) is 19.3 Å². The van der Waals surface area contributed by atoms with Gasteiger partial charge in [-0.15, -0.1) is 0 Å². The monoisotopic (exact) mass is 440 g/mol. The van der Waals surface area contributed by atoms with Gasteiger partial charge >= 0.3 is 6.03 Å². The second kappa shape index (κ2) is 9.35. The second-order valence-corrected chi connectivity index (χ2v) is 7.92. The van der Waals surface area contributed by atoms with Gasteiger partial charge in [-0.05, 0) is 30.7 Å². The Morgan fingerprint density at radius 3 is 2.72 bits per heavy atom. The van der Waals surface area contributed by atoms with Crippen molar-refractivity contribution in [3.63, 3.8) is 0 Å². The van der Waals surface area contributed by atoms with E-state index >= 15 is 0 Å². The van der Waals surface area contributed by atoms with E-state index in [0.717, 1.165) is 5.56 Å². The lowest BCUT2D eigenvalue weighted by Crippen LogP contribution is -2.71. The zero-order valence-electron chi connectivity index (χ0n) is 17.7. The molecule has 2 fully saturated rings. The number of halogens is 1. The number of piperazine rings is 2. The van der Waals surface area contributed by atoms with Gasteiger partial charge in [-0.3, -0.25) is 9.59 Å². The van der Waals surface area contributed by atoms with Crippen molar-refractivity contribution in [2.45, 2.75) is 31.7 Å². The Labute approximate surface area is 185 Å². The van der Waals surface area contributed by atoms with E-state index < -0.39 is 30.0 Å². The van der Waals surface area contributed by atoms with Gasteiger partial charge in [-0.25, -0.2) is 9.18 Å². The third-order valence-corrected chi connectivity index (χ3v) is 5.72. The number of carbonyl (C=O) groups is 3. The highest BCUT2D eigenvalue weighted by Crippen LogP contribution is 2.20. The van der Waals surface area contributed by atoms with Crippen LogP contribution in [0.3, 0.4) is 0 Å². The van der Waals surface area contributed by atoms with Gasteiger partial charge in [-0.2, -0.15) is 0 Å². The number of rotatable bonds is 5. The Morgan fingerprint density at radius 2 is 1.97 bits per heavy atom. The molecule has 0 spiro atoms. The van der Waals surface area contributed by atoms with Crippen LogP contribution in [0.15, 0.2) is 54.6 Å². The number of urea groups is 1. The maximum Gasteiger partial charge on any atom is 0.321 e. The van der Waals surface area contributed by atoms with Crippen molar-refractivity contribution in [3.05, 3.63) is 66.0 Å². The van der Waals surface area contributed by atoms with Crippen molar-refractivity contribution in [2.24, 2.45) is 0 Å². The summed E-state index contributed by atoms with van der Waals surface area (Å²) in [6.07, 6.45) is -0.512. The molecule has 168 valence electrons. The zero-order chi connectivity index (χ0) is 22.7. The minimum absolute atomic E-state index is 0.0602. The summed E-state index contributed by atoms with van der Waals surface area (Å²) in [5, 5.41) is 5.38. The molecule has 4 amide bonds. The first-order valence-electron chi connectivity index (χ1n) is 10.5. The second-order valence-electron chi connectivity index (χ2n) is 7.92. The van der Waals surface area contributed by atoms with Crippen molar-refractivity contribution in [3.8, 4) is 0 Å². The van der Waals surface area contributed by atoms with Gasteiger partial charge in [0.1, 0.15) is 17.9 Å². The molecule has 2 aromatic rings. The molecule has 0 aliphatic carbocycles. The number of nitrogens with one attached hydrogen (secondary N) is 2. The van der Waals surface area contributed by atoms with Gasteiger partial charge in [0.2, 0.25) is 11.8 Å². The van der Waals surface area contributed by atoms with Crippen LogP contribution in [0.2, 0.25) is 0 Å². The van der Waals surface area contributed by atoms with Crippen LogP contribution < -0.4 is 10.6 Å². The molecule has 0 saturated carbocycles. The lowest BCUT2D eigenvalue weighted by Gasteiger charge is -2.46. The van der Waals surface area contributed by atoms with Crippen LogP contribution in [-0.2, 0) is 20.9 Å². The number of ether oxygens (including phenoxy) is 1. The summed E-state index contributed by atoms with van der Waals surface area (Å²) >= 11 is 0. The van der Waals surface area contributed by atoms with Crippen LogP contribution in [0.25, 0.3) is 0 Å². The summed E-state index contributed by atoms with van der Waals surface area (Å²) in [6, 6.07) is 13.2. The predicted octanol–water partition coefficient (Wildman–Crippen LogP) is 1.97. The first kappa shape index (κ1) is 21.8. The fraction of sp³-hybridized carbons (Fsp3) is 0.348. The van der Waals surface area contributed by atoms with Crippen LogP contribution in [0.1, 0.15) is 12.5 Å². The fourth-order valence-electron chi connectivity index (χ4n) is 3.93. The Hall–Kier alpha value is -3.46. The first-order valence-corrected chi connectivity index (χ1v) is 10.5. The largest absolute Gasteiger partial charge is 0.371 e. The minimum atomic E-state index is -0.782. The molecule has 2 aliphatic rings. The topological polar surface area (TPSA) is 91.0 Å². The summed E-state index contributed by atoms with van der Waals surface area (Å²) in [4.78, 5) is 41.3. The molecule has 0 aromatic heterocycles. The van der Waals surface area contributed by atoms with Crippen LogP contribution in [-0.4, -0.2) is 65.5 Å². The summed E-state index contributed by atoms with van der Waals surface area (Å²) < 4.78 is 19.2. The van der Waals surface area contributed by atoms with E-state index in [-0.39, 0.29) is 31.4 Å². The predicted molar refractivity (Wildman–Crippen MR) is 115 cm³/mol. The van der Waals surface area contributed by atoms with Crippen molar-refractivity contribution in [2.75, 3.05) is 25.0 Å². The van der Waals surface area contributed by atoms with E-state index in [9.17, 15) is 18.8 Å². The Morgan fingerprint density at radius 1 is 1.19 bits per heavy atom. The minimum Gasteiger partial charge on any atom is -0.371 e. The van der Waals surface area contributed by atoms with Gasteiger partial charge < -0.3 is 25.2 Å². The van der Waals surface area contributed by atoms with Crippen molar-refractivity contribution in [1.29, 1.82) is 0 Å². The summed E-state index contributed by atoms with van der Waals surface area (Å²) in [6.45, 7) is 2.65. The maximum absolute atomic E-state index is 13.4. The molecule has 2 aliphatic heterocycles. The number of benzene rings is 2. The number of fused-ring (bicyclic) bond motifs is 1. The highest BCUT2D eigenvalue weighted by molar-refractivity contribution is 5.98. The Bertz CT molecular complexity index is 1000. The molecular formula is C23H25FN4O4. The van der Waals surface area contributed by atoms with E-state index in [2.05, 4.69) is 10.6 Å². The number of hydrogen-bond acceptors (Lipinski definition) is 4. The standard InChI is InChI=1S/C23H25FN4O4/c1-15(32-14-16-6-3-2-4-7-16)20-22(30)28-11-10-27(13-19(28)21(29)26-20)23(31)25-18-9-5-8-17(24)12-18/h2-9,12,15,19-20H,10-11,13-14H2,1H3,(H,25,31)(H,26,29)/t15-,19-,20+/m1/s1. The average Bonchev–Trinajstić information content (AvgIpc) is 2.80. The summed E-state index contributed by atoms with van der Waals surface area (Å²) in [5.74, 6) is -1.01. The number of anilines is 1. The Balaban J connectivity index is 1.36. The number of amides is 4. The summed E-state index contributed by atoms with van der Waals surface area (Å²) in [5.41, 5.74) is 1.30. The van der Waals surface area contributed by atoms with Crippen LogP contribution in [0, 0.1) is 5.82 Å². The molecule has 2 N–H and O–H groups in total. The third-order valence-electron chi connectivity index (χ3n) is 5.72. The van der Waals surface area contributed by atoms with E-state index in [1.807, 2.05) is 30.3 Å². The first-order chi connectivity index (χ1) is 15.4. The maximum atomic E-state index is 13.4. The quantitative estimate of drug-likeness (QED) is 0.744. The molecule has 3 atom stereocenters. The van der Waals surface area contributed by atoms with Crippen molar-refractivity contribution in [1.82, 2.24) is 15.1 Å². The number of nitrogens with zero attached hydrogens (tertiary/aromatic N) is 2. The number of carbonyl (C=O) groups excluding carboxylic acids is 3. The van der Waals surface area contributed by atoms with Crippen molar-refractivity contribution >= 4 is 23.5 Å². The van der Waals surface area contributed by atoms with E-state index in [1.165, 1.54) is 28.0 Å². The van der Waals surface area contributed by atoms with E-state index in [4.69, 9.17) is 4.74 Å². The van der Waals surface area contributed by atoms with Crippen molar-refractivity contribution < 1.29 is 23.5 Å². The van der Waals surface area contributed by atoms with Crippen LogP contribution in [0.4, 0.5) is 14.9 Å². The SMILES string of the molecule is C[C@@H](OCc1ccccc1)[C@@H]1NC(=O)[C@H]2CN(C(=O)Nc3cccc(F)c3)CCN2C1=O. The lowest BCUT2D eigenvalue weighted by atomic mass is 10.0. The molecule has 0 radical (unpaired) electrons. The van der Waals surface area contributed by atoms with Gasteiger partial charge in [0.15, 0.2) is 0 Å². The lowest BCUT2D eigenvalue weighted by molar-refractivity contribution is -0.156. The highest BCUT2D eigenvalue weighted by atomic mass is 19.1. The molecular weight excluding hydrogens is 415 g/mol. The van der Waals surface area contributed by atoms with Gasteiger partial charge in [0, 0.05) is 18.8 Å². The van der Waals surface area contributed by atoms with Crippen LogP contribution in [0.5, 0.6) is 0 Å². The molecule has 0 unspecified atom stereocenters. The molecule has 32 heavy (non-hydrogen) atoms. The number of hydrogen-bond donors (Lipinski definition) is 2. The smallest absolute Gasteiger partial charge is 0.321 e. The average molecular weight is 440 g/mol. The molecule has 4 rings (SSSR count). The Kier molecular flexibility index (Phi) is 6.36. The zero-order valence-corrected chi connectivity index (χ0v) is 17.7. The third kappa shape index (κ3) is 4.72. The fourth-order valence-corrected chi connectivity index (χ4v) is 3.93. The normalized spacial score (nSPS) is 21.6. The highest BCUT2D eigenvalue weighted by Gasteiger charge is 2.46. The molecule has 9 heteroatoms. The molecule has 0 bridgehead atoms. The molecule has 2 heterocycles. The van der Waals surface area contributed by atoms with Crippen LogP contribution >= 0.6 is 0 Å². The van der Waals surface area contributed by atoms with E-state index in [0.29, 0.717) is 12.3 Å². The molecule has 2 aromatic carbocycles. The van der Waals surface area contributed by atoms with Gasteiger partial charge in [0.25, 0.3) is 0 Å². The van der Waals surface area contributed by atoms with Gasteiger partial charge in [-0.1, -0.05) is 36.4 Å². The molecule has 2 saturated heterocycles. The summed E-state index contributed by atoms with van der Waals surface area (Å²) in [7, 11) is 0. The molecule has 8 nitrogen and oxygen atoms in total. The van der Waals surface area contributed by atoms with E-state index in [1.54, 1.807) is 13.0 Å².